The van der Waals surface area contributed by atoms with E-state index in [0.717, 1.165) is 0 Å². The Balaban J connectivity index is 2.52. The van der Waals surface area contributed by atoms with Crippen molar-refractivity contribution in [2.24, 2.45) is 0 Å². The number of halogens is 1. The van der Waals surface area contributed by atoms with Crippen LogP contribution in [0.4, 0.5) is 11.5 Å². The number of hydrogen-bond acceptors (Lipinski definition) is 4. The van der Waals surface area contributed by atoms with Crippen molar-refractivity contribution < 1.29 is 14.6 Å². The molecule has 0 radical (unpaired) electrons. The van der Waals surface area contributed by atoms with Gasteiger partial charge in [-0.15, -0.1) is 0 Å². The van der Waals surface area contributed by atoms with Gasteiger partial charge in [0, 0.05) is 13.2 Å². The number of aromatic nitrogens is 1. The van der Waals surface area contributed by atoms with E-state index in [1.165, 1.54) is 19.2 Å². The lowest BCUT2D eigenvalue weighted by Gasteiger charge is -2.22. The molecule has 0 aliphatic carbocycles. The van der Waals surface area contributed by atoms with Crippen molar-refractivity contribution in [3.63, 3.8) is 0 Å². The van der Waals surface area contributed by atoms with Gasteiger partial charge in [-0.1, -0.05) is 11.6 Å². The minimum absolute atomic E-state index is 0.166. The van der Waals surface area contributed by atoms with Crippen molar-refractivity contribution in [2.45, 2.75) is 0 Å². The summed E-state index contributed by atoms with van der Waals surface area (Å²) in [6.45, 7) is 0. The Morgan fingerprint density at radius 3 is 2.75 bits per heavy atom. The van der Waals surface area contributed by atoms with E-state index < -0.39 is 5.97 Å². The second-order valence-electron chi connectivity index (χ2n) is 4.06. The highest BCUT2D eigenvalue weighted by molar-refractivity contribution is 6.33. The molecule has 104 valence electrons. The fourth-order valence-electron chi connectivity index (χ4n) is 1.82. The highest BCUT2D eigenvalue weighted by Gasteiger charge is 2.16. The quantitative estimate of drug-likeness (QED) is 0.937. The number of carboxylic acids is 1. The van der Waals surface area contributed by atoms with Gasteiger partial charge in [0.05, 0.1) is 23.4 Å². The molecule has 1 heterocycles. The van der Waals surface area contributed by atoms with Gasteiger partial charge in [0.15, 0.2) is 5.82 Å². The zero-order chi connectivity index (χ0) is 14.7. The smallest absolute Gasteiger partial charge is 0.335 e. The maximum Gasteiger partial charge on any atom is 0.335 e. The van der Waals surface area contributed by atoms with Crippen LogP contribution in [0.15, 0.2) is 36.5 Å². The van der Waals surface area contributed by atoms with Crippen molar-refractivity contribution in [3.8, 4) is 5.75 Å². The minimum Gasteiger partial charge on any atom is -0.495 e. The number of aromatic carboxylic acids is 1. The monoisotopic (exact) mass is 292 g/mol. The third kappa shape index (κ3) is 2.67. The number of carbonyl (C=O) groups is 1. The molecule has 5 nitrogen and oxygen atoms in total. The molecule has 20 heavy (non-hydrogen) atoms. The molecule has 0 saturated carbocycles. The Morgan fingerprint density at radius 1 is 1.40 bits per heavy atom. The second kappa shape index (κ2) is 5.79. The lowest BCUT2D eigenvalue weighted by atomic mass is 10.1. The zero-order valence-electron chi connectivity index (χ0n) is 11.0. The van der Waals surface area contributed by atoms with E-state index in [1.807, 2.05) is 0 Å². The third-order valence-corrected chi connectivity index (χ3v) is 3.14. The molecule has 0 spiro atoms. The Morgan fingerprint density at radius 2 is 2.15 bits per heavy atom. The van der Waals surface area contributed by atoms with Gasteiger partial charge >= 0.3 is 5.97 Å². The van der Waals surface area contributed by atoms with E-state index in [0.29, 0.717) is 22.3 Å². The van der Waals surface area contributed by atoms with Gasteiger partial charge in [0.1, 0.15) is 5.75 Å². The highest BCUT2D eigenvalue weighted by Crippen LogP contribution is 2.35. The molecule has 0 aliphatic rings. The number of nitrogens with zero attached hydrogens (tertiary/aromatic N) is 2. The average Bonchev–Trinajstić information content (AvgIpc) is 2.46. The molecule has 0 fully saturated rings. The standard InChI is InChI=1S/C14H13ClN2O3/c1-17(13-10(15)4-3-7-16-13)11-8-9(14(18)19)5-6-12(11)20-2/h3-8H,1-2H3,(H,18,19). The normalized spacial score (nSPS) is 10.2. The lowest BCUT2D eigenvalue weighted by Crippen LogP contribution is -2.13. The molecule has 0 saturated heterocycles. The molecule has 1 N–H and O–H groups in total. The van der Waals surface area contributed by atoms with Crippen LogP contribution in [0.5, 0.6) is 5.75 Å². The maximum atomic E-state index is 11.1. The highest BCUT2D eigenvalue weighted by atomic mass is 35.5. The minimum atomic E-state index is -1.01. The van der Waals surface area contributed by atoms with Crippen molar-refractivity contribution >= 4 is 29.1 Å². The van der Waals surface area contributed by atoms with Crippen molar-refractivity contribution in [3.05, 3.63) is 47.1 Å². The number of pyridine rings is 1. The molecule has 0 bridgehead atoms. The number of hydrogen-bond donors (Lipinski definition) is 1. The molecule has 2 rings (SSSR count). The van der Waals surface area contributed by atoms with Gasteiger partial charge in [-0.05, 0) is 30.3 Å². The third-order valence-electron chi connectivity index (χ3n) is 2.84. The number of methoxy groups -OCH3 is 1. The topological polar surface area (TPSA) is 62.7 Å². The molecular formula is C14H13ClN2O3. The SMILES string of the molecule is COc1ccc(C(=O)O)cc1N(C)c1ncccc1Cl. The molecule has 0 atom stereocenters. The summed E-state index contributed by atoms with van der Waals surface area (Å²) in [5.41, 5.74) is 0.743. The van der Waals surface area contributed by atoms with Gasteiger partial charge in [-0.3, -0.25) is 0 Å². The summed E-state index contributed by atoms with van der Waals surface area (Å²) in [6.07, 6.45) is 1.62. The summed E-state index contributed by atoms with van der Waals surface area (Å²) >= 11 is 6.11. The fourth-order valence-corrected chi connectivity index (χ4v) is 2.07. The van der Waals surface area contributed by atoms with Gasteiger partial charge in [0.25, 0.3) is 0 Å². The number of ether oxygens (including phenoxy) is 1. The van der Waals surface area contributed by atoms with Crippen LogP contribution in [0.25, 0.3) is 0 Å². The summed E-state index contributed by atoms with van der Waals surface area (Å²) in [5.74, 6) is 0.0589. The van der Waals surface area contributed by atoms with E-state index in [1.54, 1.807) is 36.3 Å². The van der Waals surface area contributed by atoms with E-state index in [4.69, 9.17) is 21.4 Å². The molecule has 0 unspecified atom stereocenters. The summed E-state index contributed by atoms with van der Waals surface area (Å²) < 4.78 is 5.26. The molecule has 0 amide bonds. The van der Waals surface area contributed by atoms with Crippen LogP contribution in [0, 0.1) is 0 Å². The summed E-state index contributed by atoms with van der Waals surface area (Å²) in [6, 6.07) is 8.05. The Labute approximate surface area is 121 Å². The number of rotatable bonds is 4. The summed E-state index contributed by atoms with van der Waals surface area (Å²) in [4.78, 5) is 17.0. The molecule has 0 aliphatic heterocycles. The first-order valence-corrected chi connectivity index (χ1v) is 6.18. The van der Waals surface area contributed by atoms with Crippen molar-refractivity contribution in [1.29, 1.82) is 0 Å². The first-order chi connectivity index (χ1) is 9.54. The number of carboxylic acid groups (broad SMARTS) is 1. The first-order valence-electron chi connectivity index (χ1n) is 5.80. The van der Waals surface area contributed by atoms with Gasteiger partial charge < -0.3 is 14.7 Å². The van der Waals surface area contributed by atoms with Gasteiger partial charge in [-0.25, -0.2) is 9.78 Å². The summed E-state index contributed by atoms with van der Waals surface area (Å²) in [5, 5.41) is 9.55. The maximum absolute atomic E-state index is 11.1. The lowest BCUT2D eigenvalue weighted by molar-refractivity contribution is 0.0697. The Hall–Kier alpha value is -2.27. The van der Waals surface area contributed by atoms with Crippen LogP contribution in [0.2, 0.25) is 5.02 Å². The van der Waals surface area contributed by atoms with Crippen LogP contribution in [-0.2, 0) is 0 Å². The first kappa shape index (κ1) is 14.1. The molecule has 2 aromatic rings. The van der Waals surface area contributed by atoms with E-state index in [9.17, 15) is 4.79 Å². The number of benzene rings is 1. The second-order valence-corrected chi connectivity index (χ2v) is 4.47. The number of anilines is 2. The van der Waals surface area contributed by atoms with E-state index in [2.05, 4.69) is 4.98 Å². The zero-order valence-corrected chi connectivity index (χ0v) is 11.8. The van der Waals surface area contributed by atoms with E-state index >= 15 is 0 Å². The van der Waals surface area contributed by atoms with Crippen LogP contribution >= 0.6 is 11.6 Å². The van der Waals surface area contributed by atoms with Crippen molar-refractivity contribution in [2.75, 3.05) is 19.1 Å². The van der Waals surface area contributed by atoms with E-state index in [-0.39, 0.29) is 5.56 Å². The van der Waals surface area contributed by atoms with Gasteiger partial charge in [-0.2, -0.15) is 0 Å². The largest absolute Gasteiger partial charge is 0.495 e. The van der Waals surface area contributed by atoms with Crippen LogP contribution in [0.3, 0.4) is 0 Å². The van der Waals surface area contributed by atoms with Crippen molar-refractivity contribution in [1.82, 2.24) is 4.98 Å². The Bertz CT molecular complexity index is 646. The summed E-state index contributed by atoms with van der Waals surface area (Å²) in [7, 11) is 3.27. The predicted molar refractivity (Wildman–Crippen MR) is 77.3 cm³/mol. The van der Waals surface area contributed by atoms with Gasteiger partial charge in [0.2, 0.25) is 0 Å². The fraction of sp³-hybridized carbons (Fsp3) is 0.143. The molecule has 6 heteroatoms. The van der Waals surface area contributed by atoms with Crippen LogP contribution < -0.4 is 9.64 Å². The van der Waals surface area contributed by atoms with Crippen LogP contribution in [-0.4, -0.2) is 30.2 Å². The Kier molecular flexibility index (Phi) is 4.10. The molecule has 1 aromatic carbocycles. The average molecular weight is 293 g/mol. The molecular weight excluding hydrogens is 280 g/mol. The van der Waals surface area contributed by atoms with Crippen LogP contribution in [0.1, 0.15) is 10.4 Å². The predicted octanol–water partition coefficient (Wildman–Crippen LogP) is 3.21. The molecule has 1 aromatic heterocycles.